The fraction of sp³-hybridized carbons (Fsp3) is 0.0952. The van der Waals surface area contributed by atoms with E-state index in [1.807, 2.05) is 43.4 Å². The molecule has 0 saturated heterocycles. The lowest BCUT2D eigenvalue weighted by molar-refractivity contribution is -0.632. The quantitative estimate of drug-likeness (QED) is 0.239. The number of hydrogen-bond acceptors (Lipinski definition) is 3. The molecule has 0 saturated carbocycles. The average Bonchev–Trinajstić information content (AvgIpc) is 2.68. The number of hydrogen-bond donors (Lipinski definition) is 0. The van der Waals surface area contributed by atoms with E-state index in [4.69, 9.17) is 4.74 Å². The Balaban J connectivity index is 2.17. The van der Waals surface area contributed by atoms with Crippen LogP contribution in [-0.4, -0.2) is 12.0 Å². The van der Waals surface area contributed by atoms with Crippen LogP contribution in [0, 0.1) is 10.1 Å². The molecule has 5 nitrogen and oxygen atoms in total. The van der Waals surface area contributed by atoms with Crippen molar-refractivity contribution in [1.29, 1.82) is 0 Å². The van der Waals surface area contributed by atoms with E-state index >= 15 is 0 Å². The summed E-state index contributed by atoms with van der Waals surface area (Å²) < 4.78 is 7.49. The van der Waals surface area contributed by atoms with Gasteiger partial charge in [0.05, 0.1) is 28.4 Å². The minimum absolute atomic E-state index is 0.0757. The van der Waals surface area contributed by atoms with E-state index in [2.05, 4.69) is 16.7 Å². The monoisotopic (exact) mass is 345 g/mol. The predicted octanol–water partition coefficient (Wildman–Crippen LogP) is 4.40. The Labute approximate surface area is 150 Å². The minimum atomic E-state index is -0.368. The van der Waals surface area contributed by atoms with E-state index in [1.54, 1.807) is 19.2 Å². The summed E-state index contributed by atoms with van der Waals surface area (Å²) in [7, 11) is 3.62. The van der Waals surface area contributed by atoms with Crippen LogP contribution in [0.1, 0.15) is 0 Å². The van der Waals surface area contributed by atoms with E-state index in [9.17, 15) is 10.1 Å². The first kappa shape index (κ1) is 16.0. The van der Waals surface area contributed by atoms with Crippen molar-refractivity contribution in [3.05, 3.63) is 76.8 Å². The van der Waals surface area contributed by atoms with Gasteiger partial charge in [0.15, 0.2) is 0 Å². The smallest absolute Gasteiger partial charge is 0.270 e. The number of para-hydroxylation sites is 1. The number of aryl methyl sites for hydroxylation is 1. The van der Waals surface area contributed by atoms with Gasteiger partial charge in [-0.1, -0.05) is 18.2 Å². The van der Waals surface area contributed by atoms with Crippen LogP contribution in [0.3, 0.4) is 0 Å². The zero-order chi connectivity index (χ0) is 18.3. The highest BCUT2D eigenvalue weighted by molar-refractivity contribution is 6.09. The van der Waals surface area contributed by atoms with Crippen LogP contribution >= 0.6 is 0 Å². The van der Waals surface area contributed by atoms with Crippen molar-refractivity contribution in [2.45, 2.75) is 0 Å². The molecule has 0 aliphatic rings. The highest BCUT2D eigenvalue weighted by Gasteiger charge is 2.22. The summed E-state index contributed by atoms with van der Waals surface area (Å²) in [6, 6.07) is 20.8. The molecular weight excluding hydrogens is 328 g/mol. The third-order valence-electron chi connectivity index (χ3n) is 4.70. The topological polar surface area (TPSA) is 56.3 Å². The molecule has 0 aliphatic heterocycles. The maximum Gasteiger partial charge on any atom is 0.270 e. The fourth-order valence-electron chi connectivity index (χ4n) is 3.49. The number of aromatic nitrogens is 1. The van der Waals surface area contributed by atoms with Crippen molar-refractivity contribution in [1.82, 2.24) is 0 Å². The van der Waals surface area contributed by atoms with Gasteiger partial charge in [0.2, 0.25) is 11.2 Å². The van der Waals surface area contributed by atoms with E-state index in [1.165, 1.54) is 6.07 Å². The lowest BCUT2D eigenvalue weighted by Crippen LogP contribution is -2.32. The first-order chi connectivity index (χ1) is 12.6. The first-order valence-corrected chi connectivity index (χ1v) is 8.23. The van der Waals surface area contributed by atoms with Crippen LogP contribution in [0.2, 0.25) is 0 Å². The summed E-state index contributed by atoms with van der Waals surface area (Å²) >= 11 is 0. The zero-order valence-corrected chi connectivity index (χ0v) is 14.5. The largest absolute Gasteiger partial charge is 0.497 e. The number of ether oxygens (including phenoxy) is 1. The van der Waals surface area contributed by atoms with Crippen LogP contribution in [0.25, 0.3) is 32.9 Å². The van der Waals surface area contributed by atoms with Gasteiger partial charge in [0.1, 0.15) is 12.8 Å². The standard InChI is InChI=1S/C21H17N2O3/c1-22-20-9-4-3-8-18(20)17-11-10-16(26-2)13-19(17)21(22)14-6-5-7-15(12-14)23(24)25/h3-13H,1-2H3/q+1. The van der Waals surface area contributed by atoms with Gasteiger partial charge in [0, 0.05) is 23.6 Å². The second-order valence-electron chi connectivity index (χ2n) is 6.14. The van der Waals surface area contributed by atoms with Crippen LogP contribution < -0.4 is 9.30 Å². The van der Waals surface area contributed by atoms with Crippen LogP contribution in [-0.2, 0) is 7.05 Å². The summed E-state index contributed by atoms with van der Waals surface area (Å²) in [6.45, 7) is 0. The minimum Gasteiger partial charge on any atom is -0.497 e. The second kappa shape index (κ2) is 6.11. The summed E-state index contributed by atoms with van der Waals surface area (Å²) in [4.78, 5) is 10.9. The number of nitro benzene ring substituents is 1. The number of fused-ring (bicyclic) bond motifs is 3. The van der Waals surface area contributed by atoms with Crippen LogP contribution in [0.5, 0.6) is 5.75 Å². The number of pyridine rings is 1. The molecule has 0 radical (unpaired) electrons. The maximum absolute atomic E-state index is 11.2. The number of methoxy groups -OCH3 is 1. The Morgan fingerprint density at radius 1 is 0.923 bits per heavy atom. The SMILES string of the molecule is COc1ccc2c(c1)c(-c1cccc([N+](=O)[O-])c1)[n+](C)c1ccccc21. The van der Waals surface area contributed by atoms with E-state index in [-0.39, 0.29) is 10.6 Å². The van der Waals surface area contributed by atoms with Crippen molar-refractivity contribution in [2.24, 2.45) is 7.05 Å². The van der Waals surface area contributed by atoms with Gasteiger partial charge in [-0.2, -0.15) is 4.57 Å². The molecular formula is C21H17N2O3+. The molecule has 4 aromatic rings. The Morgan fingerprint density at radius 3 is 2.50 bits per heavy atom. The highest BCUT2D eigenvalue weighted by Crippen LogP contribution is 2.34. The maximum atomic E-state index is 11.2. The van der Waals surface area contributed by atoms with Crippen molar-refractivity contribution < 1.29 is 14.2 Å². The van der Waals surface area contributed by atoms with E-state index in [0.717, 1.165) is 38.7 Å². The summed E-state index contributed by atoms with van der Waals surface area (Å²) in [5.41, 5.74) is 2.85. The number of nitro groups is 1. The average molecular weight is 345 g/mol. The van der Waals surface area contributed by atoms with Gasteiger partial charge < -0.3 is 4.74 Å². The first-order valence-electron chi connectivity index (χ1n) is 8.23. The van der Waals surface area contributed by atoms with E-state index < -0.39 is 0 Å². The van der Waals surface area contributed by atoms with Gasteiger partial charge in [0.25, 0.3) is 5.69 Å². The van der Waals surface area contributed by atoms with Crippen molar-refractivity contribution in [3.63, 3.8) is 0 Å². The van der Waals surface area contributed by atoms with Crippen molar-refractivity contribution in [3.8, 4) is 17.0 Å². The number of benzene rings is 3. The molecule has 0 N–H and O–H groups in total. The van der Waals surface area contributed by atoms with Gasteiger partial charge in [-0.15, -0.1) is 0 Å². The zero-order valence-electron chi connectivity index (χ0n) is 14.5. The fourth-order valence-corrected chi connectivity index (χ4v) is 3.49. The molecule has 0 atom stereocenters. The lowest BCUT2D eigenvalue weighted by Gasteiger charge is -2.10. The van der Waals surface area contributed by atoms with E-state index in [0.29, 0.717) is 0 Å². The van der Waals surface area contributed by atoms with Crippen molar-refractivity contribution in [2.75, 3.05) is 7.11 Å². The molecule has 0 fully saturated rings. The third-order valence-corrected chi connectivity index (χ3v) is 4.70. The number of rotatable bonds is 3. The highest BCUT2D eigenvalue weighted by atomic mass is 16.6. The molecule has 5 heteroatoms. The molecule has 1 heterocycles. The summed E-state index contributed by atoms with van der Waals surface area (Å²) in [5, 5.41) is 14.4. The normalized spacial score (nSPS) is 11.0. The van der Waals surface area contributed by atoms with Crippen LogP contribution in [0.4, 0.5) is 5.69 Å². The molecule has 0 bridgehead atoms. The van der Waals surface area contributed by atoms with Crippen molar-refractivity contribution >= 4 is 27.4 Å². The molecule has 3 aromatic carbocycles. The molecule has 128 valence electrons. The number of non-ortho nitro benzene ring substituents is 1. The second-order valence-corrected chi connectivity index (χ2v) is 6.14. The third kappa shape index (κ3) is 2.45. The molecule has 0 unspecified atom stereocenters. The predicted molar refractivity (Wildman–Crippen MR) is 101 cm³/mol. The molecule has 1 aromatic heterocycles. The summed E-state index contributed by atoms with van der Waals surface area (Å²) in [5.74, 6) is 0.750. The van der Waals surface area contributed by atoms with Crippen LogP contribution in [0.15, 0.2) is 66.7 Å². The summed E-state index contributed by atoms with van der Waals surface area (Å²) in [6.07, 6.45) is 0. The molecule has 0 spiro atoms. The Bertz CT molecular complexity index is 1170. The Hall–Kier alpha value is -3.47. The Morgan fingerprint density at radius 2 is 1.73 bits per heavy atom. The van der Waals surface area contributed by atoms with Gasteiger partial charge in [-0.3, -0.25) is 10.1 Å². The molecule has 0 aliphatic carbocycles. The van der Waals surface area contributed by atoms with Gasteiger partial charge in [-0.05, 0) is 30.3 Å². The molecule has 26 heavy (non-hydrogen) atoms. The lowest BCUT2D eigenvalue weighted by atomic mass is 9.98. The van der Waals surface area contributed by atoms with Gasteiger partial charge in [-0.25, -0.2) is 0 Å². The molecule has 0 amide bonds. The number of nitrogens with zero attached hydrogens (tertiary/aromatic N) is 2. The molecule has 4 rings (SSSR count). The Kier molecular flexibility index (Phi) is 3.77. The van der Waals surface area contributed by atoms with Gasteiger partial charge >= 0.3 is 0 Å².